The Kier molecular flexibility index (Phi) is 3.92. The maximum absolute atomic E-state index is 13.6. The molecule has 1 aromatic carbocycles. The van der Waals surface area contributed by atoms with Gasteiger partial charge in [-0.25, -0.2) is 4.39 Å². The van der Waals surface area contributed by atoms with Gasteiger partial charge in [0.2, 0.25) is 0 Å². The van der Waals surface area contributed by atoms with Gasteiger partial charge < -0.3 is 5.11 Å². The van der Waals surface area contributed by atoms with Crippen LogP contribution in [0.1, 0.15) is 18.9 Å². The van der Waals surface area contributed by atoms with Crippen molar-refractivity contribution in [2.45, 2.75) is 30.7 Å². The number of benzene rings is 1. The minimum atomic E-state index is -0.838. The van der Waals surface area contributed by atoms with Crippen LogP contribution in [-0.4, -0.2) is 27.7 Å². The number of carbonyl (C=O) groups is 1. The van der Waals surface area contributed by atoms with Crippen LogP contribution < -0.4 is 5.32 Å². The van der Waals surface area contributed by atoms with E-state index in [1.54, 1.807) is 30.0 Å². The molecule has 1 fully saturated rings. The third-order valence-electron chi connectivity index (χ3n) is 3.09. The predicted molar refractivity (Wildman–Crippen MR) is 70.1 cm³/mol. The standard InChI is InChI=1S/C13H16FNO2S/c1-13(8-9-4-2-3-5-10(9)14)15-11(12(16)17)6-7-18-13/h2-5,11,15H,6-8H2,1H3,(H,16,17). The van der Waals surface area contributed by atoms with E-state index in [1.165, 1.54) is 6.07 Å². The Morgan fingerprint density at radius 1 is 1.61 bits per heavy atom. The van der Waals surface area contributed by atoms with E-state index in [4.69, 9.17) is 5.11 Å². The van der Waals surface area contributed by atoms with E-state index >= 15 is 0 Å². The first kappa shape index (κ1) is 13.4. The van der Waals surface area contributed by atoms with Crippen LogP contribution in [0.25, 0.3) is 0 Å². The summed E-state index contributed by atoms with van der Waals surface area (Å²) < 4.78 is 13.6. The van der Waals surface area contributed by atoms with Gasteiger partial charge in [0.05, 0.1) is 4.87 Å². The molecule has 2 N–H and O–H groups in total. The lowest BCUT2D eigenvalue weighted by Crippen LogP contribution is -2.54. The lowest BCUT2D eigenvalue weighted by molar-refractivity contribution is -0.140. The SMILES string of the molecule is CC1(Cc2ccccc2F)NC(C(=O)O)CCS1. The molecule has 0 radical (unpaired) electrons. The summed E-state index contributed by atoms with van der Waals surface area (Å²) in [7, 11) is 0. The number of hydrogen-bond donors (Lipinski definition) is 2. The molecule has 1 saturated heterocycles. The summed E-state index contributed by atoms with van der Waals surface area (Å²) in [5.74, 6) is -0.303. The highest BCUT2D eigenvalue weighted by Gasteiger charge is 2.35. The van der Waals surface area contributed by atoms with E-state index in [0.29, 0.717) is 18.4 Å². The van der Waals surface area contributed by atoms with Crippen molar-refractivity contribution < 1.29 is 14.3 Å². The molecule has 0 saturated carbocycles. The minimum Gasteiger partial charge on any atom is -0.480 e. The summed E-state index contributed by atoms with van der Waals surface area (Å²) in [5.41, 5.74) is 0.617. The molecule has 18 heavy (non-hydrogen) atoms. The molecule has 1 aliphatic rings. The monoisotopic (exact) mass is 269 g/mol. The smallest absolute Gasteiger partial charge is 0.320 e. The Bertz CT molecular complexity index is 454. The van der Waals surface area contributed by atoms with Crippen molar-refractivity contribution in [2.24, 2.45) is 0 Å². The number of rotatable bonds is 3. The largest absolute Gasteiger partial charge is 0.480 e. The van der Waals surface area contributed by atoms with Gasteiger partial charge in [0.15, 0.2) is 0 Å². The van der Waals surface area contributed by atoms with Crippen molar-refractivity contribution in [1.82, 2.24) is 5.32 Å². The average molecular weight is 269 g/mol. The van der Waals surface area contributed by atoms with Gasteiger partial charge in [0, 0.05) is 6.42 Å². The van der Waals surface area contributed by atoms with Crippen LogP contribution in [-0.2, 0) is 11.2 Å². The number of halogens is 1. The lowest BCUT2D eigenvalue weighted by atomic mass is 10.0. The maximum atomic E-state index is 13.6. The Morgan fingerprint density at radius 3 is 3.00 bits per heavy atom. The van der Waals surface area contributed by atoms with Gasteiger partial charge >= 0.3 is 5.97 Å². The molecule has 1 aliphatic heterocycles. The lowest BCUT2D eigenvalue weighted by Gasteiger charge is -2.37. The first-order valence-corrected chi connectivity index (χ1v) is 6.87. The molecule has 2 unspecified atom stereocenters. The number of aliphatic carboxylic acids is 1. The normalized spacial score (nSPS) is 28.0. The number of carboxylic acids is 1. The second-order valence-corrected chi connectivity index (χ2v) is 6.27. The van der Waals surface area contributed by atoms with Crippen molar-refractivity contribution in [2.75, 3.05) is 5.75 Å². The van der Waals surface area contributed by atoms with Gasteiger partial charge in [-0.05, 0) is 30.7 Å². The molecule has 1 heterocycles. The van der Waals surface area contributed by atoms with Crippen molar-refractivity contribution >= 4 is 17.7 Å². The molecule has 0 aliphatic carbocycles. The fourth-order valence-electron chi connectivity index (χ4n) is 2.18. The molecular weight excluding hydrogens is 253 g/mol. The zero-order valence-electron chi connectivity index (χ0n) is 10.1. The molecule has 5 heteroatoms. The van der Waals surface area contributed by atoms with E-state index in [-0.39, 0.29) is 5.82 Å². The van der Waals surface area contributed by atoms with Crippen molar-refractivity contribution in [3.8, 4) is 0 Å². The van der Waals surface area contributed by atoms with Crippen LogP contribution >= 0.6 is 11.8 Å². The molecule has 0 spiro atoms. The first-order chi connectivity index (χ1) is 8.50. The molecule has 3 nitrogen and oxygen atoms in total. The van der Waals surface area contributed by atoms with E-state index in [2.05, 4.69) is 5.32 Å². The minimum absolute atomic E-state index is 0.237. The first-order valence-electron chi connectivity index (χ1n) is 5.88. The van der Waals surface area contributed by atoms with E-state index in [9.17, 15) is 9.18 Å². The highest BCUT2D eigenvalue weighted by molar-refractivity contribution is 8.00. The van der Waals surface area contributed by atoms with Crippen LogP contribution in [0, 0.1) is 5.82 Å². The van der Waals surface area contributed by atoms with Gasteiger partial charge in [-0.3, -0.25) is 10.1 Å². The van der Waals surface area contributed by atoms with Gasteiger partial charge in [-0.2, -0.15) is 0 Å². The number of thioether (sulfide) groups is 1. The third-order valence-corrected chi connectivity index (χ3v) is 4.43. The van der Waals surface area contributed by atoms with Gasteiger partial charge in [0.1, 0.15) is 11.9 Å². The molecule has 0 bridgehead atoms. The third kappa shape index (κ3) is 3.03. The highest BCUT2D eigenvalue weighted by Crippen LogP contribution is 2.32. The molecule has 98 valence electrons. The Labute approximate surface area is 110 Å². The van der Waals surface area contributed by atoms with Crippen molar-refractivity contribution in [1.29, 1.82) is 0 Å². The van der Waals surface area contributed by atoms with Crippen LogP contribution in [0.5, 0.6) is 0 Å². The Hall–Kier alpha value is -1.07. The van der Waals surface area contributed by atoms with Crippen molar-refractivity contribution in [3.05, 3.63) is 35.6 Å². The molecule has 0 aromatic heterocycles. The van der Waals surface area contributed by atoms with Crippen molar-refractivity contribution in [3.63, 3.8) is 0 Å². The van der Waals surface area contributed by atoms with Crippen LogP contribution in [0.3, 0.4) is 0 Å². The molecular formula is C13H16FNO2S. The van der Waals surface area contributed by atoms with Crippen LogP contribution in [0.4, 0.5) is 4.39 Å². The van der Waals surface area contributed by atoms with E-state index < -0.39 is 16.9 Å². The Balaban J connectivity index is 2.12. The molecule has 1 aromatic rings. The zero-order chi connectivity index (χ0) is 13.2. The van der Waals surface area contributed by atoms with E-state index in [0.717, 1.165) is 5.75 Å². The van der Waals surface area contributed by atoms with Crippen LogP contribution in [0.2, 0.25) is 0 Å². The summed E-state index contributed by atoms with van der Waals surface area (Å²) in [6, 6.07) is 6.09. The topological polar surface area (TPSA) is 49.3 Å². The number of carboxylic acid groups (broad SMARTS) is 1. The summed E-state index contributed by atoms with van der Waals surface area (Å²) in [6.45, 7) is 1.93. The predicted octanol–water partition coefficient (Wildman–Crippen LogP) is 2.26. The van der Waals surface area contributed by atoms with E-state index in [1.807, 2.05) is 6.92 Å². The molecule has 0 amide bonds. The summed E-state index contributed by atoms with van der Waals surface area (Å²) in [6.07, 6.45) is 1.08. The highest BCUT2D eigenvalue weighted by atomic mass is 32.2. The summed E-state index contributed by atoms with van der Waals surface area (Å²) in [4.78, 5) is 10.6. The number of hydrogen-bond acceptors (Lipinski definition) is 3. The van der Waals surface area contributed by atoms with Gasteiger partial charge in [0.25, 0.3) is 0 Å². The Morgan fingerprint density at radius 2 is 2.33 bits per heavy atom. The van der Waals surface area contributed by atoms with Gasteiger partial charge in [-0.1, -0.05) is 18.2 Å². The quantitative estimate of drug-likeness (QED) is 0.883. The zero-order valence-corrected chi connectivity index (χ0v) is 11.0. The summed E-state index contributed by atoms with van der Waals surface area (Å²) >= 11 is 1.65. The van der Waals surface area contributed by atoms with Gasteiger partial charge in [-0.15, -0.1) is 11.8 Å². The second kappa shape index (κ2) is 5.28. The average Bonchev–Trinajstić information content (AvgIpc) is 2.32. The fraction of sp³-hybridized carbons (Fsp3) is 0.462. The molecule has 2 atom stereocenters. The summed E-state index contributed by atoms with van der Waals surface area (Å²) in [5, 5.41) is 12.1. The van der Waals surface area contributed by atoms with Crippen LogP contribution in [0.15, 0.2) is 24.3 Å². The second-order valence-electron chi connectivity index (χ2n) is 4.67. The fourth-order valence-corrected chi connectivity index (χ4v) is 3.46. The maximum Gasteiger partial charge on any atom is 0.320 e. The molecule has 2 rings (SSSR count). The number of nitrogens with one attached hydrogen (secondary N) is 1.